The third kappa shape index (κ3) is 3.76. The molecule has 2 heterocycles. The van der Waals surface area contributed by atoms with E-state index in [0.717, 1.165) is 5.56 Å². The molecule has 2 aromatic heterocycles. The molecule has 0 saturated heterocycles. The number of amides is 1. The van der Waals surface area contributed by atoms with Crippen molar-refractivity contribution >= 4 is 22.7 Å². The Labute approximate surface area is 172 Å². The van der Waals surface area contributed by atoms with Gasteiger partial charge in [-0.05, 0) is 30.7 Å². The molecule has 4 rings (SSSR count). The van der Waals surface area contributed by atoms with Crippen molar-refractivity contribution in [3.63, 3.8) is 0 Å². The van der Waals surface area contributed by atoms with Gasteiger partial charge in [-0.25, -0.2) is 4.79 Å². The molecule has 0 radical (unpaired) electrons. The minimum atomic E-state index is -0.479. The summed E-state index contributed by atoms with van der Waals surface area (Å²) in [5.74, 6) is 0.386. The molecule has 0 aliphatic carbocycles. The minimum absolute atomic E-state index is 0.109. The Balaban J connectivity index is 1.54. The summed E-state index contributed by atoms with van der Waals surface area (Å²) in [5, 5.41) is 6.94. The number of oxazole rings is 1. The Morgan fingerprint density at radius 2 is 1.97 bits per heavy atom. The third-order valence-electron chi connectivity index (χ3n) is 4.86. The van der Waals surface area contributed by atoms with Gasteiger partial charge in [-0.1, -0.05) is 43.3 Å². The van der Waals surface area contributed by atoms with E-state index in [-0.39, 0.29) is 24.8 Å². The van der Waals surface area contributed by atoms with E-state index in [1.807, 2.05) is 45.0 Å². The smallest absolute Gasteiger partial charge is 0.408 e. The summed E-state index contributed by atoms with van der Waals surface area (Å²) >= 11 is 0. The number of hydrogen-bond acceptors (Lipinski definition) is 6. The summed E-state index contributed by atoms with van der Waals surface area (Å²) < 4.78 is 12.1. The number of para-hydroxylation sites is 3. The molecule has 2 aromatic carbocycles. The van der Waals surface area contributed by atoms with Crippen LogP contribution in [0.5, 0.6) is 0 Å². The molecular formula is C22H22N4O4. The molecular weight excluding hydrogens is 384 g/mol. The molecule has 1 N–H and O–H groups in total. The Bertz CT molecular complexity index is 1270. The van der Waals surface area contributed by atoms with E-state index in [2.05, 4.69) is 15.5 Å². The first-order chi connectivity index (χ1) is 14.4. The van der Waals surface area contributed by atoms with Crippen molar-refractivity contribution < 1.29 is 13.7 Å². The van der Waals surface area contributed by atoms with E-state index in [1.54, 1.807) is 18.2 Å². The second-order valence-corrected chi connectivity index (χ2v) is 7.40. The lowest BCUT2D eigenvalue weighted by Crippen LogP contribution is -2.20. The Morgan fingerprint density at radius 1 is 1.17 bits per heavy atom. The molecule has 30 heavy (non-hydrogen) atoms. The summed E-state index contributed by atoms with van der Waals surface area (Å²) in [6, 6.07) is 12.7. The Morgan fingerprint density at radius 3 is 2.73 bits per heavy atom. The van der Waals surface area contributed by atoms with E-state index >= 15 is 0 Å². The zero-order valence-corrected chi connectivity index (χ0v) is 17.0. The van der Waals surface area contributed by atoms with Gasteiger partial charge in [0.05, 0.1) is 16.8 Å². The third-order valence-corrected chi connectivity index (χ3v) is 4.86. The lowest BCUT2D eigenvalue weighted by Gasteiger charge is -2.12. The predicted octanol–water partition coefficient (Wildman–Crippen LogP) is 4.11. The maximum atomic E-state index is 12.7. The van der Waals surface area contributed by atoms with Crippen LogP contribution in [-0.2, 0) is 11.3 Å². The maximum Gasteiger partial charge on any atom is 0.419 e. The van der Waals surface area contributed by atoms with E-state index < -0.39 is 5.76 Å². The first-order valence-electron chi connectivity index (χ1n) is 9.76. The number of carbonyl (C=O) groups is 1. The van der Waals surface area contributed by atoms with Gasteiger partial charge in [0.15, 0.2) is 11.4 Å². The fraction of sp³-hybridized carbons (Fsp3) is 0.273. The highest BCUT2D eigenvalue weighted by molar-refractivity contribution is 5.95. The Kier molecular flexibility index (Phi) is 5.22. The molecule has 0 saturated carbocycles. The van der Waals surface area contributed by atoms with Gasteiger partial charge in [-0.3, -0.25) is 9.36 Å². The zero-order valence-electron chi connectivity index (χ0n) is 17.0. The topological polar surface area (TPSA) is 103 Å². The van der Waals surface area contributed by atoms with Crippen LogP contribution >= 0.6 is 0 Å². The second kappa shape index (κ2) is 7.98. The average Bonchev–Trinajstić information content (AvgIpc) is 3.32. The molecule has 0 atom stereocenters. The number of hydrogen-bond donors (Lipinski definition) is 1. The van der Waals surface area contributed by atoms with Crippen LogP contribution in [-0.4, -0.2) is 20.6 Å². The molecule has 0 aliphatic rings. The van der Waals surface area contributed by atoms with Gasteiger partial charge in [0.25, 0.3) is 5.89 Å². The standard InChI is InChI=1S/C22H22N4O4/c1-13(2)20-24-21(30-25-20)15-8-6-7-14(3)19(15)23-18(27)11-12-26-16-9-4-5-10-17(16)29-22(26)28/h4-10,13H,11-12H2,1-3H3,(H,23,27). The first-order valence-corrected chi connectivity index (χ1v) is 9.76. The number of aryl methyl sites for hydroxylation is 2. The van der Waals surface area contributed by atoms with Crippen molar-refractivity contribution in [1.29, 1.82) is 0 Å². The largest absolute Gasteiger partial charge is 0.419 e. The van der Waals surface area contributed by atoms with Crippen molar-refractivity contribution in [2.24, 2.45) is 0 Å². The van der Waals surface area contributed by atoms with Crippen LogP contribution in [0, 0.1) is 6.92 Å². The fourth-order valence-electron chi connectivity index (χ4n) is 3.23. The quantitative estimate of drug-likeness (QED) is 0.517. The number of benzene rings is 2. The highest BCUT2D eigenvalue weighted by Crippen LogP contribution is 2.30. The van der Waals surface area contributed by atoms with Crippen LogP contribution in [0.3, 0.4) is 0 Å². The number of nitrogens with zero attached hydrogens (tertiary/aromatic N) is 3. The van der Waals surface area contributed by atoms with Crippen molar-refractivity contribution in [3.8, 4) is 11.5 Å². The van der Waals surface area contributed by atoms with Gasteiger partial charge >= 0.3 is 5.76 Å². The number of anilines is 1. The maximum absolute atomic E-state index is 12.7. The van der Waals surface area contributed by atoms with E-state index in [1.165, 1.54) is 4.57 Å². The Hall–Kier alpha value is -3.68. The normalized spacial score (nSPS) is 11.3. The van der Waals surface area contributed by atoms with Crippen molar-refractivity contribution in [2.45, 2.75) is 39.7 Å². The second-order valence-electron chi connectivity index (χ2n) is 7.40. The lowest BCUT2D eigenvalue weighted by molar-refractivity contribution is -0.116. The van der Waals surface area contributed by atoms with Crippen LogP contribution in [0.1, 0.15) is 37.6 Å². The summed E-state index contributed by atoms with van der Waals surface area (Å²) in [6.07, 6.45) is 0.109. The van der Waals surface area contributed by atoms with Crippen molar-refractivity contribution in [2.75, 3.05) is 5.32 Å². The number of fused-ring (bicyclic) bond motifs is 1. The molecule has 0 bridgehead atoms. The first kappa shape index (κ1) is 19.6. The van der Waals surface area contributed by atoms with Crippen LogP contribution in [0.2, 0.25) is 0 Å². The van der Waals surface area contributed by atoms with Crippen molar-refractivity contribution in [3.05, 3.63) is 64.4 Å². The van der Waals surface area contributed by atoms with Gasteiger partial charge in [0.1, 0.15) is 0 Å². The number of carbonyl (C=O) groups excluding carboxylic acids is 1. The van der Waals surface area contributed by atoms with Crippen LogP contribution in [0.4, 0.5) is 5.69 Å². The van der Waals surface area contributed by atoms with Gasteiger partial charge in [-0.2, -0.15) is 4.98 Å². The summed E-state index contributed by atoms with van der Waals surface area (Å²) in [7, 11) is 0. The van der Waals surface area contributed by atoms with Crippen LogP contribution in [0.25, 0.3) is 22.6 Å². The summed E-state index contributed by atoms with van der Waals surface area (Å²) in [5.41, 5.74) is 3.32. The van der Waals surface area contributed by atoms with E-state index in [4.69, 9.17) is 8.94 Å². The molecule has 8 nitrogen and oxygen atoms in total. The zero-order chi connectivity index (χ0) is 21.3. The highest BCUT2D eigenvalue weighted by Gasteiger charge is 2.18. The highest BCUT2D eigenvalue weighted by atomic mass is 16.5. The predicted molar refractivity (Wildman–Crippen MR) is 112 cm³/mol. The lowest BCUT2D eigenvalue weighted by atomic mass is 10.1. The number of nitrogens with one attached hydrogen (secondary N) is 1. The van der Waals surface area contributed by atoms with Gasteiger partial charge in [-0.15, -0.1) is 0 Å². The van der Waals surface area contributed by atoms with Gasteiger partial charge < -0.3 is 14.3 Å². The molecule has 1 amide bonds. The molecule has 154 valence electrons. The van der Waals surface area contributed by atoms with E-state index in [9.17, 15) is 9.59 Å². The monoisotopic (exact) mass is 406 g/mol. The molecule has 4 aromatic rings. The minimum Gasteiger partial charge on any atom is -0.408 e. The average molecular weight is 406 g/mol. The SMILES string of the molecule is Cc1cccc(-c2nc(C(C)C)no2)c1NC(=O)CCn1c(=O)oc2ccccc21. The van der Waals surface area contributed by atoms with Crippen LogP contribution in [0.15, 0.2) is 56.2 Å². The molecule has 0 unspecified atom stereocenters. The van der Waals surface area contributed by atoms with Gasteiger partial charge in [0.2, 0.25) is 5.91 Å². The molecule has 8 heteroatoms. The van der Waals surface area contributed by atoms with Crippen molar-refractivity contribution in [1.82, 2.24) is 14.7 Å². The fourth-order valence-corrected chi connectivity index (χ4v) is 3.23. The summed E-state index contributed by atoms with van der Waals surface area (Å²) in [6.45, 7) is 6.07. The molecule has 0 spiro atoms. The number of aromatic nitrogens is 3. The number of rotatable bonds is 6. The molecule has 0 fully saturated rings. The summed E-state index contributed by atoms with van der Waals surface area (Å²) in [4.78, 5) is 29.2. The van der Waals surface area contributed by atoms with Gasteiger partial charge in [0, 0.05) is 18.9 Å². The van der Waals surface area contributed by atoms with E-state index in [0.29, 0.717) is 34.1 Å². The van der Waals surface area contributed by atoms with Crippen LogP contribution < -0.4 is 11.1 Å². The molecule has 0 aliphatic heterocycles.